The summed E-state index contributed by atoms with van der Waals surface area (Å²) >= 11 is 0. The summed E-state index contributed by atoms with van der Waals surface area (Å²) in [5.74, 6) is -2.19. The molecule has 0 spiro atoms. The maximum atomic E-state index is 12.1. The minimum absolute atomic E-state index is 0.260. The molecule has 0 heterocycles. The van der Waals surface area contributed by atoms with Crippen LogP contribution >= 0.6 is 0 Å². The Morgan fingerprint density at radius 1 is 0.935 bits per heavy atom. The third kappa shape index (κ3) is 7.26. The third-order valence-electron chi connectivity index (χ3n) is 4.47. The van der Waals surface area contributed by atoms with E-state index in [-0.39, 0.29) is 6.54 Å². The Bertz CT molecular complexity index is 949. The summed E-state index contributed by atoms with van der Waals surface area (Å²) in [6.07, 6.45) is 0. The quantitative estimate of drug-likeness (QED) is 0.560. The first-order chi connectivity index (χ1) is 14.7. The van der Waals surface area contributed by atoms with E-state index < -0.39 is 36.3 Å². The van der Waals surface area contributed by atoms with Gasteiger partial charge in [-0.3, -0.25) is 14.4 Å². The maximum Gasteiger partial charge on any atom is 0.328 e. The first-order valence-corrected chi connectivity index (χ1v) is 9.84. The highest BCUT2D eigenvalue weighted by Gasteiger charge is 2.19. The molecule has 0 aromatic heterocycles. The van der Waals surface area contributed by atoms with Gasteiger partial charge in [0.1, 0.15) is 6.04 Å². The highest BCUT2D eigenvalue weighted by atomic mass is 16.5. The fourth-order valence-electron chi connectivity index (χ4n) is 2.98. The number of nitrogens with one attached hydrogen (secondary N) is 3. The van der Waals surface area contributed by atoms with E-state index in [1.165, 1.54) is 6.92 Å². The van der Waals surface area contributed by atoms with E-state index in [1.807, 2.05) is 32.9 Å². The van der Waals surface area contributed by atoms with Gasteiger partial charge in [0, 0.05) is 11.3 Å². The standard InChI is InChI=1S/C23H27N3O5/c1-14-10-15(2)21(16(3)11-14)26-19(27)12-24-20(28)13-31-23(30)17(4)25-22(29)18-8-6-5-7-9-18/h5-11,17H,12-13H2,1-4H3,(H,24,28)(H,25,29)(H,26,27)/t17-/m0/s1. The largest absolute Gasteiger partial charge is 0.454 e. The van der Waals surface area contributed by atoms with Crippen LogP contribution < -0.4 is 16.0 Å². The molecule has 164 valence electrons. The molecule has 2 rings (SSSR count). The summed E-state index contributed by atoms with van der Waals surface area (Å²) in [6, 6.07) is 11.4. The lowest BCUT2D eigenvalue weighted by molar-refractivity contribution is -0.150. The van der Waals surface area contributed by atoms with Gasteiger partial charge in [-0.15, -0.1) is 0 Å². The van der Waals surface area contributed by atoms with E-state index in [1.54, 1.807) is 30.3 Å². The number of anilines is 1. The lowest BCUT2D eigenvalue weighted by atomic mass is 10.1. The van der Waals surface area contributed by atoms with E-state index in [0.717, 1.165) is 16.7 Å². The second-order valence-electron chi connectivity index (χ2n) is 7.27. The molecule has 0 aliphatic carbocycles. The number of rotatable bonds is 8. The average Bonchev–Trinajstić information content (AvgIpc) is 2.73. The zero-order valence-corrected chi connectivity index (χ0v) is 18.1. The van der Waals surface area contributed by atoms with E-state index in [0.29, 0.717) is 11.3 Å². The number of amides is 3. The van der Waals surface area contributed by atoms with Crippen molar-refractivity contribution in [2.45, 2.75) is 33.7 Å². The molecule has 3 amide bonds. The topological polar surface area (TPSA) is 114 Å². The molecule has 0 aliphatic rings. The molecule has 3 N–H and O–H groups in total. The van der Waals surface area contributed by atoms with Crippen molar-refractivity contribution in [2.75, 3.05) is 18.5 Å². The van der Waals surface area contributed by atoms with Crippen LogP contribution in [0.4, 0.5) is 5.69 Å². The summed E-state index contributed by atoms with van der Waals surface area (Å²) in [5, 5.41) is 7.67. The van der Waals surface area contributed by atoms with Crippen molar-refractivity contribution in [1.82, 2.24) is 10.6 Å². The van der Waals surface area contributed by atoms with Gasteiger partial charge in [-0.2, -0.15) is 0 Å². The van der Waals surface area contributed by atoms with Crippen LogP contribution in [0.3, 0.4) is 0 Å². The molecule has 0 saturated heterocycles. The van der Waals surface area contributed by atoms with Crippen LogP contribution in [-0.2, 0) is 19.1 Å². The highest BCUT2D eigenvalue weighted by Crippen LogP contribution is 2.21. The number of hydrogen-bond donors (Lipinski definition) is 3. The molecule has 8 heteroatoms. The normalized spacial score (nSPS) is 11.2. The van der Waals surface area contributed by atoms with Gasteiger partial charge in [-0.05, 0) is 51.0 Å². The second-order valence-corrected chi connectivity index (χ2v) is 7.27. The van der Waals surface area contributed by atoms with Gasteiger partial charge in [0.2, 0.25) is 5.91 Å². The summed E-state index contributed by atoms with van der Waals surface area (Å²) < 4.78 is 4.91. The van der Waals surface area contributed by atoms with Crippen molar-refractivity contribution in [2.24, 2.45) is 0 Å². The van der Waals surface area contributed by atoms with Gasteiger partial charge < -0.3 is 20.7 Å². The molecule has 0 saturated carbocycles. The third-order valence-corrected chi connectivity index (χ3v) is 4.47. The molecular weight excluding hydrogens is 398 g/mol. The molecule has 31 heavy (non-hydrogen) atoms. The van der Waals surface area contributed by atoms with Crippen LogP contribution in [0, 0.1) is 20.8 Å². The number of esters is 1. The molecule has 2 aromatic carbocycles. The smallest absolute Gasteiger partial charge is 0.328 e. The number of carbonyl (C=O) groups excluding carboxylic acids is 4. The molecule has 2 aromatic rings. The molecule has 0 unspecified atom stereocenters. The SMILES string of the molecule is Cc1cc(C)c(NC(=O)CNC(=O)COC(=O)[C@H](C)NC(=O)c2ccccc2)c(C)c1. The summed E-state index contributed by atoms with van der Waals surface area (Å²) in [6.45, 7) is 6.41. The Morgan fingerprint density at radius 2 is 1.55 bits per heavy atom. The zero-order valence-electron chi connectivity index (χ0n) is 18.1. The minimum atomic E-state index is -0.934. The average molecular weight is 425 g/mol. The van der Waals surface area contributed by atoms with Crippen LogP contribution in [0.2, 0.25) is 0 Å². The van der Waals surface area contributed by atoms with E-state index in [4.69, 9.17) is 4.74 Å². The maximum absolute atomic E-state index is 12.1. The van der Waals surface area contributed by atoms with Crippen LogP contribution in [-0.4, -0.2) is 42.9 Å². The first kappa shape index (κ1) is 23.6. The van der Waals surface area contributed by atoms with Crippen LogP contribution in [0.5, 0.6) is 0 Å². The molecule has 0 radical (unpaired) electrons. The summed E-state index contributed by atoms with van der Waals surface area (Å²) in [7, 11) is 0. The monoisotopic (exact) mass is 425 g/mol. The van der Waals surface area contributed by atoms with Crippen molar-refractivity contribution in [3.63, 3.8) is 0 Å². The predicted molar refractivity (Wildman–Crippen MR) is 117 cm³/mol. The molecule has 0 bridgehead atoms. The van der Waals surface area contributed by atoms with Gasteiger partial charge in [-0.25, -0.2) is 4.79 Å². The molecule has 1 atom stereocenters. The van der Waals surface area contributed by atoms with Crippen molar-refractivity contribution in [1.29, 1.82) is 0 Å². The van der Waals surface area contributed by atoms with Gasteiger partial charge in [0.05, 0.1) is 6.54 Å². The van der Waals surface area contributed by atoms with Crippen molar-refractivity contribution in [3.05, 3.63) is 64.7 Å². The van der Waals surface area contributed by atoms with Gasteiger partial charge in [0.15, 0.2) is 6.61 Å². The first-order valence-electron chi connectivity index (χ1n) is 9.84. The molecule has 8 nitrogen and oxygen atoms in total. The van der Waals surface area contributed by atoms with E-state index in [2.05, 4.69) is 16.0 Å². The number of ether oxygens (including phenoxy) is 1. The van der Waals surface area contributed by atoms with Crippen LogP contribution in [0.1, 0.15) is 34.0 Å². The summed E-state index contributed by atoms with van der Waals surface area (Å²) in [5.41, 5.74) is 4.07. The van der Waals surface area contributed by atoms with E-state index in [9.17, 15) is 19.2 Å². The van der Waals surface area contributed by atoms with Gasteiger partial charge in [0.25, 0.3) is 11.8 Å². The zero-order chi connectivity index (χ0) is 23.0. The number of hydrogen-bond acceptors (Lipinski definition) is 5. The molecular formula is C23H27N3O5. The van der Waals surface area contributed by atoms with Crippen LogP contribution in [0.25, 0.3) is 0 Å². The number of benzene rings is 2. The number of aryl methyl sites for hydroxylation is 3. The summed E-state index contributed by atoms with van der Waals surface area (Å²) in [4.78, 5) is 48.1. The van der Waals surface area contributed by atoms with Crippen LogP contribution in [0.15, 0.2) is 42.5 Å². The van der Waals surface area contributed by atoms with Gasteiger partial charge in [-0.1, -0.05) is 35.9 Å². The number of carbonyl (C=O) groups is 4. The molecule has 0 fully saturated rings. The van der Waals surface area contributed by atoms with Crippen molar-refractivity contribution in [3.8, 4) is 0 Å². The second kappa shape index (κ2) is 10.9. The Hall–Kier alpha value is -3.68. The Labute approximate surface area is 181 Å². The fraction of sp³-hybridized carbons (Fsp3) is 0.304. The predicted octanol–water partition coefficient (Wildman–Crippen LogP) is 2.03. The molecule has 0 aliphatic heterocycles. The highest BCUT2D eigenvalue weighted by molar-refractivity contribution is 5.97. The minimum Gasteiger partial charge on any atom is -0.454 e. The lowest BCUT2D eigenvalue weighted by Crippen LogP contribution is -2.41. The van der Waals surface area contributed by atoms with Crippen molar-refractivity contribution < 1.29 is 23.9 Å². The lowest BCUT2D eigenvalue weighted by Gasteiger charge is -2.14. The van der Waals surface area contributed by atoms with E-state index >= 15 is 0 Å². The Kier molecular flexibility index (Phi) is 8.31. The van der Waals surface area contributed by atoms with Crippen molar-refractivity contribution >= 4 is 29.4 Å². The fourth-order valence-corrected chi connectivity index (χ4v) is 2.98. The Balaban J connectivity index is 1.74. The Morgan fingerprint density at radius 3 is 2.16 bits per heavy atom. The van der Waals surface area contributed by atoms with Gasteiger partial charge >= 0.3 is 5.97 Å².